The average molecular weight is 286 g/mol. The van der Waals surface area contributed by atoms with Crippen molar-refractivity contribution in [3.63, 3.8) is 0 Å². The van der Waals surface area contributed by atoms with Crippen LogP contribution in [0, 0.1) is 10.1 Å². The van der Waals surface area contributed by atoms with Crippen molar-refractivity contribution in [1.82, 2.24) is 14.7 Å². The lowest BCUT2D eigenvalue weighted by Gasteiger charge is -2.14. The van der Waals surface area contributed by atoms with Crippen LogP contribution in [-0.4, -0.2) is 38.7 Å². The molecule has 21 heavy (non-hydrogen) atoms. The zero-order chi connectivity index (χ0) is 14.8. The molecule has 2 atom stereocenters. The normalized spacial score (nSPS) is 22.5. The third-order valence-electron chi connectivity index (χ3n) is 4.04. The molecule has 3 rings (SSSR count). The molecule has 6 heteroatoms. The van der Waals surface area contributed by atoms with E-state index >= 15 is 0 Å². The van der Waals surface area contributed by atoms with Gasteiger partial charge in [0.05, 0.1) is 18.7 Å². The minimum atomic E-state index is -0.557. The van der Waals surface area contributed by atoms with Crippen LogP contribution in [0.3, 0.4) is 0 Å². The van der Waals surface area contributed by atoms with Gasteiger partial charge in [-0.3, -0.25) is 19.7 Å². The smallest absolute Gasteiger partial charge is 0.233 e. The zero-order valence-corrected chi connectivity index (χ0v) is 11.9. The second-order valence-electron chi connectivity index (χ2n) is 5.59. The molecule has 0 aliphatic carbocycles. The maximum Gasteiger partial charge on any atom is 0.233 e. The van der Waals surface area contributed by atoms with Crippen molar-refractivity contribution in [2.75, 3.05) is 13.1 Å². The van der Waals surface area contributed by atoms with Gasteiger partial charge in [0.1, 0.15) is 0 Å². The molecular formula is C15H18N4O2. The lowest BCUT2D eigenvalue weighted by molar-refractivity contribution is -0.521. The number of hydrogen-bond acceptors (Lipinski definition) is 4. The Morgan fingerprint density at radius 3 is 2.71 bits per heavy atom. The molecule has 1 aromatic heterocycles. The van der Waals surface area contributed by atoms with Gasteiger partial charge in [-0.1, -0.05) is 30.3 Å². The second kappa shape index (κ2) is 5.65. The van der Waals surface area contributed by atoms with Crippen LogP contribution in [0.25, 0.3) is 0 Å². The summed E-state index contributed by atoms with van der Waals surface area (Å²) in [7, 11) is 1.83. The first-order valence-corrected chi connectivity index (χ1v) is 7.02. The number of hydrogen-bond donors (Lipinski definition) is 0. The molecule has 0 N–H and O–H groups in total. The Labute approximate surface area is 123 Å². The number of nitrogens with zero attached hydrogens (tertiary/aromatic N) is 4. The minimum Gasteiger partial charge on any atom is -0.292 e. The lowest BCUT2D eigenvalue weighted by Crippen LogP contribution is -2.27. The van der Waals surface area contributed by atoms with E-state index in [-0.39, 0.29) is 10.8 Å². The highest BCUT2D eigenvalue weighted by molar-refractivity contribution is 5.19. The molecule has 0 amide bonds. The summed E-state index contributed by atoms with van der Waals surface area (Å²) in [6.45, 7) is 1.94. The van der Waals surface area contributed by atoms with Gasteiger partial charge >= 0.3 is 0 Å². The van der Waals surface area contributed by atoms with Crippen LogP contribution in [0.2, 0.25) is 0 Å². The molecule has 110 valence electrons. The monoisotopic (exact) mass is 286 g/mol. The lowest BCUT2D eigenvalue weighted by atomic mass is 9.98. The van der Waals surface area contributed by atoms with Gasteiger partial charge in [-0.25, -0.2) is 0 Å². The van der Waals surface area contributed by atoms with Gasteiger partial charge in [-0.15, -0.1) is 0 Å². The molecule has 6 nitrogen and oxygen atoms in total. The van der Waals surface area contributed by atoms with Gasteiger partial charge in [0.2, 0.25) is 6.04 Å². The third kappa shape index (κ3) is 2.95. The minimum absolute atomic E-state index is 0.0857. The van der Waals surface area contributed by atoms with Crippen LogP contribution in [0.15, 0.2) is 42.7 Å². The van der Waals surface area contributed by atoms with Gasteiger partial charge in [0.25, 0.3) is 0 Å². The van der Waals surface area contributed by atoms with Crippen molar-refractivity contribution >= 4 is 0 Å². The molecule has 1 aliphatic heterocycles. The van der Waals surface area contributed by atoms with E-state index in [9.17, 15) is 10.1 Å². The van der Waals surface area contributed by atoms with E-state index in [1.54, 1.807) is 10.9 Å². The number of aryl methyl sites for hydroxylation is 1. The van der Waals surface area contributed by atoms with Crippen molar-refractivity contribution in [1.29, 1.82) is 0 Å². The molecule has 2 heterocycles. The summed E-state index contributed by atoms with van der Waals surface area (Å²) in [6, 6.07) is 9.52. The highest BCUT2D eigenvalue weighted by Crippen LogP contribution is 2.30. The van der Waals surface area contributed by atoms with Crippen LogP contribution in [0.5, 0.6) is 0 Å². The molecule has 0 radical (unpaired) electrons. The maximum atomic E-state index is 11.3. The molecule has 0 spiro atoms. The van der Waals surface area contributed by atoms with Gasteiger partial charge in [0.15, 0.2) is 0 Å². The van der Waals surface area contributed by atoms with Crippen LogP contribution < -0.4 is 0 Å². The topological polar surface area (TPSA) is 64.2 Å². The maximum absolute atomic E-state index is 11.3. The first-order valence-electron chi connectivity index (χ1n) is 7.02. The number of nitro groups is 1. The Bertz CT molecular complexity index is 626. The van der Waals surface area contributed by atoms with Crippen molar-refractivity contribution in [2.24, 2.45) is 7.05 Å². The number of aromatic nitrogens is 2. The zero-order valence-electron chi connectivity index (χ0n) is 11.9. The fourth-order valence-electron chi connectivity index (χ4n) is 3.01. The fourth-order valence-corrected chi connectivity index (χ4v) is 3.01. The van der Waals surface area contributed by atoms with Crippen LogP contribution in [0.1, 0.15) is 17.0 Å². The average Bonchev–Trinajstić information content (AvgIpc) is 3.06. The van der Waals surface area contributed by atoms with Crippen molar-refractivity contribution in [3.05, 3.63) is 64.0 Å². The largest absolute Gasteiger partial charge is 0.292 e. The fraction of sp³-hybridized carbons (Fsp3) is 0.400. The Balaban J connectivity index is 1.76. The van der Waals surface area contributed by atoms with Gasteiger partial charge in [-0.2, -0.15) is 5.10 Å². The molecule has 1 saturated heterocycles. The Morgan fingerprint density at radius 1 is 1.33 bits per heavy atom. The van der Waals surface area contributed by atoms with E-state index in [2.05, 4.69) is 22.1 Å². The quantitative estimate of drug-likeness (QED) is 0.633. The third-order valence-corrected chi connectivity index (χ3v) is 4.04. The molecule has 1 fully saturated rings. The Kier molecular flexibility index (Phi) is 3.70. The number of likely N-dealkylation sites (tertiary alicyclic amines) is 1. The van der Waals surface area contributed by atoms with E-state index in [0.29, 0.717) is 13.1 Å². The summed E-state index contributed by atoms with van der Waals surface area (Å²) in [5, 5.41) is 15.5. The molecular weight excluding hydrogens is 268 g/mol. The highest BCUT2D eigenvalue weighted by atomic mass is 16.6. The van der Waals surface area contributed by atoms with Crippen molar-refractivity contribution < 1.29 is 4.92 Å². The van der Waals surface area contributed by atoms with E-state index in [4.69, 9.17) is 0 Å². The summed E-state index contributed by atoms with van der Waals surface area (Å²) in [6.07, 6.45) is 3.63. The van der Waals surface area contributed by atoms with Crippen LogP contribution in [0.4, 0.5) is 0 Å². The van der Waals surface area contributed by atoms with Crippen LogP contribution in [-0.2, 0) is 13.6 Å². The summed E-state index contributed by atoms with van der Waals surface area (Å²) >= 11 is 0. The summed E-state index contributed by atoms with van der Waals surface area (Å²) in [5.41, 5.74) is 2.14. The van der Waals surface area contributed by atoms with E-state index < -0.39 is 6.04 Å². The molecule has 1 aliphatic rings. The number of benzene rings is 1. The van der Waals surface area contributed by atoms with E-state index in [1.165, 1.54) is 5.56 Å². The standard InChI is InChI=1S/C15H18N4O2/c1-17-9-13(7-16-17)14-10-18(11-15(14)19(20)21)8-12-5-3-2-4-6-12/h2-7,9,14-15H,8,10-11H2,1H3/t14-,15+/m1/s1. The predicted octanol–water partition coefficient (Wildman–Crippen LogP) is 1.66. The van der Waals surface area contributed by atoms with E-state index in [1.807, 2.05) is 31.4 Å². The SMILES string of the molecule is Cn1cc([C@H]2CN(Cc3ccccc3)C[C@@H]2[N+](=O)[O-])cn1. The number of rotatable bonds is 4. The summed E-state index contributed by atoms with van der Waals surface area (Å²) in [4.78, 5) is 13.3. The second-order valence-corrected chi connectivity index (χ2v) is 5.59. The van der Waals surface area contributed by atoms with Gasteiger partial charge < -0.3 is 0 Å². The Morgan fingerprint density at radius 2 is 2.10 bits per heavy atom. The van der Waals surface area contributed by atoms with Gasteiger partial charge in [0, 0.05) is 36.8 Å². The summed E-state index contributed by atoms with van der Waals surface area (Å²) in [5.74, 6) is -0.0857. The first-order chi connectivity index (χ1) is 10.1. The van der Waals surface area contributed by atoms with Crippen molar-refractivity contribution in [3.8, 4) is 0 Å². The molecule has 0 bridgehead atoms. The molecule has 0 saturated carbocycles. The molecule has 2 aromatic rings. The summed E-state index contributed by atoms with van der Waals surface area (Å²) < 4.78 is 1.70. The highest BCUT2D eigenvalue weighted by Gasteiger charge is 2.42. The first kappa shape index (κ1) is 13.8. The van der Waals surface area contributed by atoms with Gasteiger partial charge in [-0.05, 0) is 5.56 Å². The molecule has 0 unspecified atom stereocenters. The van der Waals surface area contributed by atoms with Crippen LogP contribution >= 0.6 is 0 Å². The van der Waals surface area contributed by atoms with Crippen molar-refractivity contribution in [2.45, 2.75) is 18.5 Å². The van der Waals surface area contributed by atoms with E-state index in [0.717, 1.165) is 12.1 Å². The molecule has 1 aromatic carbocycles. The Hall–Kier alpha value is -2.21. The predicted molar refractivity (Wildman–Crippen MR) is 78.5 cm³/mol.